The van der Waals surface area contributed by atoms with Gasteiger partial charge in [-0.1, -0.05) is 38.1 Å². The van der Waals surface area contributed by atoms with Crippen LogP contribution in [0.25, 0.3) is 16.7 Å². The van der Waals surface area contributed by atoms with Crippen LogP contribution in [0.5, 0.6) is 5.75 Å². The molecule has 0 atom stereocenters. The molecule has 4 aromatic rings. The number of anilines is 1. The SMILES string of the molecule is COc1ccc(-n2cnc3cc(N(C)Cc4ccc(C(C)C)cc4)ccc32)cc1. The molecule has 4 rings (SSSR count). The van der Waals surface area contributed by atoms with Crippen molar-refractivity contribution in [3.05, 3.63) is 84.2 Å². The van der Waals surface area contributed by atoms with Crippen LogP contribution in [0.15, 0.2) is 73.1 Å². The van der Waals surface area contributed by atoms with Gasteiger partial charge in [-0.05, 0) is 59.5 Å². The van der Waals surface area contributed by atoms with E-state index in [-0.39, 0.29) is 0 Å². The van der Waals surface area contributed by atoms with E-state index in [1.165, 1.54) is 11.1 Å². The standard InChI is InChI=1S/C25H27N3O/c1-18(2)20-7-5-19(6-8-20)16-27(3)22-11-14-25-24(15-22)26-17-28(25)21-9-12-23(29-4)13-10-21/h5-15,17-18H,16H2,1-4H3. The number of imidazole rings is 1. The Morgan fingerprint density at radius 2 is 1.69 bits per heavy atom. The highest BCUT2D eigenvalue weighted by atomic mass is 16.5. The lowest BCUT2D eigenvalue weighted by atomic mass is 10.0. The normalized spacial score (nSPS) is 11.2. The highest BCUT2D eigenvalue weighted by molar-refractivity contribution is 5.81. The zero-order valence-electron chi connectivity index (χ0n) is 17.5. The van der Waals surface area contributed by atoms with Crippen LogP contribution in [0.4, 0.5) is 5.69 Å². The van der Waals surface area contributed by atoms with Crippen LogP contribution in [-0.2, 0) is 6.54 Å². The van der Waals surface area contributed by atoms with Crippen LogP contribution in [0, 0.1) is 0 Å². The first kappa shape index (κ1) is 19.1. The number of aromatic nitrogens is 2. The van der Waals surface area contributed by atoms with E-state index in [9.17, 15) is 0 Å². The van der Waals surface area contributed by atoms with Crippen molar-refractivity contribution in [1.29, 1.82) is 0 Å². The van der Waals surface area contributed by atoms with E-state index in [1.54, 1.807) is 7.11 Å². The molecule has 4 heteroatoms. The molecule has 0 aliphatic rings. The second-order valence-corrected chi connectivity index (χ2v) is 7.74. The molecular weight excluding hydrogens is 358 g/mol. The van der Waals surface area contributed by atoms with E-state index in [0.717, 1.165) is 34.7 Å². The minimum atomic E-state index is 0.560. The van der Waals surface area contributed by atoms with Crippen molar-refractivity contribution < 1.29 is 4.74 Å². The first-order valence-electron chi connectivity index (χ1n) is 9.96. The summed E-state index contributed by atoms with van der Waals surface area (Å²) in [5.41, 5.74) is 6.99. The molecule has 0 saturated carbocycles. The smallest absolute Gasteiger partial charge is 0.119 e. The van der Waals surface area contributed by atoms with Gasteiger partial charge in [-0.3, -0.25) is 4.57 Å². The number of benzene rings is 3. The number of fused-ring (bicyclic) bond motifs is 1. The Morgan fingerprint density at radius 1 is 0.966 bits per heavy atom. The van der Waals surface area contributed by atoms with Crippen LogP contribution < -0.4 is 9.64 Å². The lowest BCUT2D eigenvalue weighted by Crippen LogP contribution is -2.16. The summed E-state index contributed by atoms with van der Waals surface area (Å²) in [5.74, 6) is 1.41. The molecule has 0 aliphatic heterocycles. The number of methoxy groups -OCH3 is 1. The molecule has 0 N–H and O–H groups in total. The Balaban J connectivity index is 1.55. The molecule has 1 heterocycles. The van der Waals surface area contributed by atoms with Crippen molar-refractivity contribution in [1.82, 2.24) is 9.55 Å². The third-order valence-corrected chi connectivity index (χ3v) is 5.39. The third-order valence-electron chi connectivity index (χ3n) is 5.39. The molecule has 4 nitrogen and oxygen atoms in total. The second kappa shape index (κ2) is 8.00. The molecule has 29 heavy (non-hydrogen) atoms. The number of ether oxygens (including phenoxy) is 1. The Labute approximate surface area is 172 Å². The van der Waals surface area contributed by atoms with Crippen molar-refractivity contribution in [3.63, 3.8) is 0 Å². The number of rotatable bonds is 6. The fourth-order valence-electron chi connectivity index (χ4n) is 3.56. The molecule has 0 amide bonds. The lowest BCUT2D eigenvalue weighted by molar-refractivity contribution is 0.415. The second-order valence-electron chi connectivity index (χ2n) is 7.74. The molecule has 0 unspecified atom stereocenters. The van der Waals surface area contributed by atoms with Gasteiger partial charge >= 0.3 is 0 Å². The molecule has 0 bridgehead atoms. The van der Waals surface area contributed by atoms with Gasteiger partial charge in [0.25, 0.3) is 0 Å². The Bertz CT molecular complexity index is 1100. The van der Waals surface area contributed by atoms with E-state index >= 15 is 0 Å². The third kappa shape index (κ3) is 3.97. The van der Waals surface area contributed by atoms with E-state index in [2.05, 4.69) is 77.8 Å². The van der Waals surface area contributed by atoms with Crippen LogP contribution >= 0.6 is 0 Å². The monoisotopic (exact) mass is 385 g/mol. The van der Waals surface area contributed by atoms with Crippen molar-refractivity contribution in [2.45, 2.75) is 26.3 Å². The highest BCUT2D eigenvalue weighted by Crippen LogP contribution is 2.25. The van der Waals surface area contributed by atoms with Gasteiger partial charge in [-0.25, -0.2) is 4.98 Å². The van der Waals surface area contributed by atoms with Crippen LogP contribution in [-0.4, -0.2) is 23.7 Å². The van der Waals surface area contributed by atoms with Crippen molar-refractivity contribution in [2.75, 3.05) is 19.1 Å². The van der Waals surface area contributed by atoms with E-state index < -0.39 is 0 Å². The molecule has 0 radical (unpaired) electrons. The summed E-state index contributed by atoms with van der Waals surface area (Å²) in [5, 5.41) is 0. The average molecular weight is 386 g/mol. The molecular formula is C25H27N3O. The summed E-state index contributed by atoms with van der Waals surface area (Å²) in [7, 11) is 3.80. The molecule has 1 aromatic heterocycles. The topological polar surface area (TPSA) is 30.3 Å². The number of hydrogen-bond donors (Lipinski definition) is 0. The summed E-state index contributed by atoms with van der Waals surface area (Å²) >= 11 is 0. The fraction of sp³-hybridized carbons (Fsp3) is 0.240. The fourth-order valence-corrected chi connectivity index (χ4v) is 3.56. The van der Waals surface area contributed by atoms with Crippen molar-refractivity contribution in [3.8, 4) is 11.4 Å². The van der Waals surface area contributed by atoms with Crippen LogP contribution in [0.3, 0.4) is 0 Å². The quantitative estimate of drug-likeness (QED) is 0.420. The van der Waals surface area contributed by atoms with Gasteiger partial charge in [-0.2, -0.15) is 0 Å². The van der Waals surface area contributed by atoms with Gasteiger partial charge in [0.1, 0.15) is 12.1 Å². The van der Waals surface area contributed by atoms with Gasteiger partial charge in [-0.15, -0.1) is 0 Å². The van der Waals surface area contributed by atoms with Crippen LogP contribution in [0.2, 0.25) is 0 Å². The Hall–Kier alpha value is -3.27. The summed E-state index contributed by atoms with van der Waals surface area (Å²) in [4.78, 5) is 6.88. The highest BCUT2D eigenvalue weighted by Gasteiger charge is 2.09. The molecule has 0 saturated heterocycles. The maximum atomic E-state index is 5.25. The maximum Gasteiger partial charge on any atom is 0.119 e. The first-order valence-corrected chi connectivity index (χ1v) is 9.96. The summed E-state index contributed by atoms with van der Waals surface area (Å²) in [6, 6.07) is 23.4. The Kier molecular flexibility index (Phi) is 5.26. The summed E-state index contributed by atoms with van der Waals surface area (Å²) in [6.07, 6.45) is 1.88. The molecule has 0 aliphatic carbocycles. The predicted octanol–water partition coefficient (Wildman–Crippen LogP) is 5.79. The number of nitrogens with zero attached hydrogens (tertiary/aromatic N) is 3. The van der Waals surface area contributed by atoms with E-state index in [4.69, 9.17) is 4.74 Å². The summed E-state index contributed by atoms with van der Waals surface area (Å²) in [6.45, 7) is 5.31. The van der Waals surface area contributed by atoms with Crippen molar-refractivity contribution >= 4 is 16.7 Å². The largest absolute Gasteiger partial charge is 0.497 e. The van der Waals surface area contributed by atoms with Crippen molar-refractivity contribution in [2.24, 2.45) is 0 Å². The molecule has 3 aromatic carbocycles. The molecule has 0 fully saturated rings. The van der Waals surface area contributed by atoms with E-state index in [0.29, 0.717) is 5.92 Å². The van der Waals surface area contributed by atoms with Gasteiger partial charge in [0.2, 0.25) is 0 Å². The van der Waals surface area contributed by atoms with Gasteiger partial charge in [0.05, 0.1) is 18.1 Å². The minimum absolute atomic E-state index is 0.560. The summed E-state index contributed by atoms with van der Waals surface area (Å²) < 4.78 is 7.35. The first-order chi connectivity index (χ1) is 14.0. The zero-order chi connectivity index (χ0) is 20.4. The van der Waals surface area contributed by atoms with E-state index in [1.807, 2.05) is 30.6 Å². The zero-order valence-corrected chi connectivity index (χ0v) is 17.5. The average Bonchev–Trinajstić information content (AvgIpc) is 3.17. The van der Waals surface area contributed by atoms with Crippen LogP contribution in [0.1, 0.15) is 30.9 Å². The lowest BCUT2D eigenvalue weighted by Gasteiger charge is -2.20. The molecule has 0 spiro atoms. The van der Waals surface area contributed by atoms with Gasteiger partial charge < -0.3 is 9.64 Å². The van der Waals surface area contributed by atoms with Gasteiger partial charge in [0, 0.05) is 25.0 Å². The Morgan fingerprint density at radius 3 is 2.34 bits per heavy atom. The predicted molar refractivity (Wildman–Crippen MR) is 120 cm³/mol. The number of hydrogen-bond acceptors (Lipinski definition) is 3. The molecule has 148 valence electrons. The maximum absolute atomic E-state index is 5.25. The van der Waals surface area contributed by atoms with Gasteiger partial charge in [0.15, 0.2) is 0 Å². The minimum Gasteiger partial charge on any atom is -0.497 e.